The Morgan fingerprint density at radius 2 is 1.82 bits per heavy atom. The molecule has 0 aliphatic rings. The van der Waals surface area contributed by atoms with Crippen LogP contribution in [0.5, 0.6) is 0 Å². The van der Waals surface area contributed by atoms with Crippen molar-refractivity contribution in [3.05, 3.63) is 70.8 Å². The summed E-state index contributed by atoms with van der Waals surface area (Å²) in [5, 5.41) is 5.57. The number of rotatable bonds is 3. The highest BCUT2D eigenvalue weighted by molar-refractivity contribution is 5.74. The number of nitrogens with one attached hydrogen (secondary N) is 2. The number of carbonyl (C=O) groups is 1. The van der Waals surface area contributed by atoms with Crippen LogP contribution < -0.4 is 10.6 Å². The van der Waals surface area contributed by atoms with Crippen molar-refractivity contribution >= 4 is 6.03 Å². The van der Waals surface area contributed by atoms with Gasteiger partial charge in [-0.15, -0.1) is 0 Å². The standard InChI is InChI=1S/C19H20N2O/c1-15-10-11-18(16(2)13-15)14-21-19(22)20-12-6-9-17-7-4-3-5-8-17/h3-5,7-8,10-11,13H,12,14H2,1-2H3,(H2,20,21,22). The molecule has 0 spiro atoms. The molecule has 0 radical (unpaired) electrons. The van der Waals surface area contributed by atoms with Crippen LogP contribution in [-0.2, 0) is 6.54 Å². The van der Waals surface area contributed by atoms with E-state index in [1.807, 2.05) is 49.4 Å². The Hall–Kier alpha value is -2.73. The minimum atomic E-state index is -0.206. The number of hydrogen-bond acceptors (Lipinski definition) is 1. The lowest BCUT2D eigenvalue weighted by Crippen LogP contribution is -2.35. The van der Waals surface area contributed by atoms with E-state index < -0.39 is 0 Å². The molecule has 2 aromatic carbocycles. The van der Waals surface area contributed by atoms with E-state index in [0.29, 0.717) is 13.1 Å². The summed E-state index contributed by atoms with van der Waals surface area (Å²) in [7, 11) is 0. The first kappa shape index (κ1) is 15.7. The third-order valence-electron chi connectivity index (χ3n) is 3.28. The SMILES string of the molecule is Cc1ccc(CNC(=O)NCC#Cc2ccccc2)c(C)c1. The molecule has 0 fully saturated rings. The van der Waals surface area contributed by atoms with Gasteiger partial charge in [0.2, 0.25) is 0 Å². The fourth-order valence-electron chi connectivity index (χ4n) is 2.07. The summed E-state index contributed by atoms with van der Waals surface area (Å²) in [6.07, 6.45) is 0. The van der Waals surface area contributed by atoms with Crippen molar-refractivity contribution < 1.29 is 4.79 Å². The van der Waals surface area contributed by atoms with Crippen LogP contribution in [0.25, 0.3) is 0 Å². The van der Waals surface area contributed by atoms with Gasteiger partial charge in [0.1, 0.15) is 0 Å². The number of benzene rings is 2. The van der Waals surface area contributed by atoms with Crippen molar-refractivity contribution in [2.45, 2.75) is 20.4 Å². The number of aryl methyl sites for hydroxylation is 2. The van der Waals surface area contributed by atoms with Crippen molar-refractivity contribution in [1.29, 1.82) is 0 Å². The molecule has 0 aliphatic heterocycles. The Balaban J connectivity index is 1.76. The second-order valence-electron chi connectivity index (χ2n) is 5.13. The molecule has 2 N–H and O–H groups in total. The summed E-state index contributed by atoms with van der Waals surface area (Å²) < 4.78 is 0. The molecule has 0 bridgehead atoms. The van der Waals surface area contributed by atoms with Crippen LogP contribution in [0.2, 0.25) is 0 Å². The first-order valence-corrected chi connectivity index (χ1v) is 7.27. The van der Waals surface area contributed by atoms with E-state index >= 15 is 0 Å². The Morgan fingerprint density at radius 3 is 2.55 bits per heavy atom. The fraction of sp³-hybridized carbons (Fsp3) is 0.211. The van der Waals surface area contributed by atoms with Gasteiger partial charge < -0.3 is 10.6 Å². The zero-order valence-corrected chi connectivity index (χ0v) is 12.9. The number of hydrogen-bond donors (Lipinski definition) is 2. The van der Waals surface area contributed by atoms with Gasteiger partial charge in [0.05, 0.1) is 6.54 Å². The van der Waals surface area contributed by atoms with Crippen molar-refractivity contribution in [2.24, 2.45) is 0 Å². The van der Waals surface area contributed by atoms with Gasteiger partial charge in [-0.3, -0.25) is 0 Å². The van der Waals surface area contributed by atoms with Crippen LogP contribution in [-0.4, -0.2) is 12.6 Å². The normalized spacial score (nSPS) is 9.55. The Bertz CT molecular complexity index is 696. The van der Waals surface area contributed by atoms with Gasteiger partial charge in [-0.05, 0) is 37.1 Å². The lowest BCUT2D eigenvalue weighted by atomic mass is 10.1. The molecule has 0 atom stereocenters. The minimum absolute atomic E-state index is 0.206. The topological polar surface area (TPSA) is 41.1 Å². The summed E-state index contributed by atoms with van der Waals surface area (Å²) in [5.41, 5.74) is 4.47. The van der Waals surface area contributed by atoms with Gasteiger partial charge in [-0.2, -0.15) is 0 Å². The third-order valence-corrected chi connectivity index (χ3v) is 3.28. The average molecular weight is 292 g/mol. The van der Waals surface area contributed by atoms with Crippen molar-refractivity contribution in [3.8, 4) is 11.8 Å². The van der Waals surface area contributed by atoms with E-state index in [-0.39, 0.29) is 6.03 Å². The fourth-order valence-corrected chi connectivity index (χ4v) is 2.07. The molecule has 0 heterocycles. The Labute approximate surface area is 131 Å². The highest BCUT2D eigenvalue weighted by Gasteiger charge is 2.01. The summed E-state index contributed by atoms with van der Waals surface area (Å²) in [6.45, 7) is 4.95. The van der Waals surface area contributed by atoms with Crippen LogP contribution in [0.1, 0.15) is 22.3 Å². The molecule has 0 aliphatic carbocycles. The lowest BCUT2D eigenvalue weighted by molar-refractivity contribution is 0.241. The largest absolute Gasteiger partial charge is 0.334 e. The summed E-state index contributed by atoms with van der Waals surface area (Å²) in [5.74, 6) is 5.92. The average Bonchev–Trinajstić information content (AvgIpc) is 2.52. The second-order valence-corrected chi connectivity index (χ2v) is 5.13. The third kappa shape index (κ3) is 4.99. The molecule has 0 saturated heterocycles. The molecular weight excluding hydrogens is 272 g/mol. The molecule has 2 amide bonds. The van der Waals surface area contributed by atoms with Crippen molar-refractivity contribution in [1.82, 2.24) is 10.6 Å². The highest BCUT2D eigenvalue weighted by atomic mass is 16.2. The maximum atomic E-state index is 11.7. The number of amides is 2. The summed E-state index contributed by atoms with van der Waals surface area (Å²) in [4.78, 5) is 11.7. The monoisotopic (exact) mass is 292 g/mol. The molecule has 0 saturated carbocycles. The molecule has 3 nitrogen and oxygen atoms in total. The van der Waals surface area contributed by atoms with E-state index in [0.717, 1.165) is 11.1 Å². The van der Waals surface area contributed by atoms with E-state index in [1.165, 1.54) is 11.1 Å². The molecule has 22 heavy (non-hydrogen) atoms. The maximum Gasteiger partial charge on any atom is 0.315 e. The molecule has 0 aromatic heterocycles. The van der Waals surface area contributed by atoms with Gasteiger partial charge in [0, 0.05) is 12.1 Å². The molecule has 2 aromatic rings. The first-order chi connectivity index (χ1) is 10.6. The van der Waals surface area contributed by atoms with Gasteiger partial charge in [-0.25, -0.2) is 4.79 Å². The highest BCUT2D eigenvalue weighted by Crippen LogP contribution is 2.09. The van der Waals surface area contributed by atoms with E-state index in [9.17, 15) is 4.79 Å². The predicted octanol–water partition coefficient (Wildman–Crippen LogP) is 3.15. The van der Waals surface area contributed by atoms with E-state index in [2.05, 4.69) is 35.5 Å². The van der Waals surface area contributed by atoms with Gasteiger partial charge in [0.15, 0.2) is 0 Å². The summed E-state index contributed by atoms with van der Waals surface area (Å²) in [6, 6.07) is 15.7. The second kappa shape index (κ2) is 7.90. The number of carbonyl (C=O) groups excluding carboxylic acids is 1. The van der Waals surface area contributed by atoms with Crippen molar-refractivity contribution in [3.63, 3.8) is 0 Å². The molecular formula is C19H20N2O. The van der Waals surface area contributed by atoms with Crippen LogP contribution in [0.15, 0.2) is 48.5 Å². The van der Waals surface area contributed by atoms with Crippen LogP contribution in [0, 0.1) is 25.7 Å². The molecule has 112 valence electrons. The summed E-state index contributed by atoms with van der Waals surface area (Å²) >= 11 is 0. The zero-order valence-electron chi connectivity index (χ0n) is 12.9. The van der Waals surface area contributed by atoms with E-state index in [1.54, 1.807) is 0 Å². The van der Waals surface area contributed by atoms with E-state index in [4.69, 9.17) is 0 Å². The van der Waals surface area contributed by atoms with Gasteiger partial charge in [0.25, 0.3) is 0 Å². The van der Waals surface area contributed by atoms with Gasteiger partial charge >= 0.3 is 6.03 Å². The van der Waals surface area contributed by atoms with Crippen LogP contribution >= 0.6 is 0 Å². The minimum Gasteiger partial charge on any atom is -0.334 e. The quantitative estimate of drug-likeness (QED) is 0.838. The number of urea groups is 1. The van der Waals surface area contributed by atoms with Crippen LogP contribution in [0.3, 0.4) is 0 Å². The Kier molecular flexibility index (Phi) is 5.62. The molecule has 0 unspecified atom stereocenters. The first-order valence-electron chi connectivity index (χ1n) is 7.27. The van der Waals surface area contributed by atoms with Gasteiger partial charge in [-0.1, -0.05) is 53.8 Å². The lowest BCUT2D eigenvalue weighted by Gasteiger charge is -2.08. The van der Waals surface area contributed by atoms with Crippen LogP contribution in [0.4, 0.5) is 4.79 Å². The molecule has 2 rings (SSSR count). The Morgan fingerprint density at radius 1 is 1.05 bits per heavy atom. The maximum absolute atomic E-state index is 11.7. The molecule has 3 heteroatoms. The van der Waals surface area contributed by atoms with Crippen molar-refractivity contribution in [2.75, 3.05) is 6.54 Å². The predicted molar refractivity (Wildman–Crippen MR) is 89.5 cm³/mol. The smallest absolute Gasteiger partial charge is 0.315 e. The zero-order chi connectivity index (χ0) is 15.8.